The lowest BCUT2D eigenvalue weighted by Crippen LogP contribution is -2.51. The van der Waals surface area contributed by atoms with Gasteiger partial charge in [-0.25, -0.2) is 14.4 Å². The number of alkyl halides is 1. The second kappa shape index (κ2) is 15.0. The molecule has 0 fully saturated rings. The highest BCUT2D eigenvalue weighted by Crippen LogP contribution is 2.15. The molecular formula is C28H35ClN2O7. The van der Waals surface area contributed by atoms with Gasteiger partial charge in [0.2, 0.25) is 5.91 Å². The van der Waals surface area contributed by atoms with Crippen molar-refractivity contribution in [1.29, 1.82) is 0 Å². The second-order valence-electron chi connectivity index (χ2n) is 9.53. The van der Waals surface area contributed by atoms with Crippen molar-refractivity contribution in [1.82, 2.24) is 10.2 Å². The number of rotatable bonds is 12. The molecule has 1 N–H and O–H groups in total. The number of nitrogens with one attached hydrogen (secondary N) is 1. The molecule has 2 aromatic rings. The molecule has 38 heavy (non-hydrogen) atoms. The summed E-state index contributed by atoms with van der Waals surface area (Å²) in [4.78, 5) is 52.3. The van der Waals surface area contributed by atoms with Crippen LogP contribution < -0.4 is 5.32 Å². The zero-order valence-electron chi connectivity index (χ0n) is 22.1. The highest BCUT2D eigenvalue weighted by molar-refractivity contribution is 6.27. The first-order valence-corrected chi connectivity index (χ1v) is 12.7. The van der Waals surface area contributed by atoms with Crippen LogP contribution in [0.1, 0.15) is 38.3 Å². The van der Waals surface area contributed by atoms with Crippen LogP contribution in [0.15, 0.2) is 60.7 Å². The summed E-state index contributed by atoms with van der Waals surface area (Å²) in [7, 11) is 1.23. The molecule has 0 heterocycles. The van der Waals surface area contributed by atoms with Crippen LogP contribution in [0, 0.1) is 0 Å². The van der Waals surface area contributed by atoms with Crippen molar-refractivity contribution in [2.75, 3.05) is 19.5 Å². The van der Waals surface area contributed by atoms with Crippen LogP contribution >= 0.6 is 11.6 Å². The molecule has 0 aromatic heterocycles. The molecular weight excluding hydrogens is 512 g/mol. The molecule has 2 rings (SSSR count). The number of hydrogen-bond donors (Lipinski definition) is 1. The normalized spacial score (nSPS) is 12.6. The molecule has 0 saturated heterocycles. The predicted octanol–water partition coefficient (Wildman–Crippen LogP) is 3.86. The first kappa shape index (κ1) is 30.6. The average molecular weight is 547 g/mol. The fraction of sp³-hybridized carbons (Fsp3) is 0.429. The Morgan fingerprint density at radius 2 is 1.50 bits per heavy atom. The van der Waals surface area contributed by atoms with Crippen molar-refractivity contribution in [2.45, 2.75) is 57.9 Å². The highest BCUT2D eigenvalue weighted by atomic mass is 35.5. The number of ether oxygens (including phenoxy) is 3. The Balaban J connectivity index is 2.24. The molecule has 10 heteroatoms. The summed E-state index contributed by atoms with van der Waals surface area (Å²) < 4.78 is 15.7. The van der Waals surface area contributed by atoms with Crippen molar-refractivity contribution in [3.63, 3.8) is 0 Å². The van der Waals surface area contributed by atoms with Crippen LogP contribution in [0.25, 0.3) is 0 Å². The maximum absolute atomic E-state index is 13.0. The topological polar surface area (TPSA) is 111 Å². The third-order valence-electron chi connectivity index (χ3n) is 5.41. The van der Waals surface area contributed by atoms with Gasteiger partial charge >= 0.3 is 18.0 Å². The molecule has 0 bridgehead atoms. The Hall–Kier alpha value is -3.59. The number of carbonyl (C=O) groups excluding carboxylic acids is 4. The zero-order valence-corrected chi connectivity index (χ0v) is 22.9. The summed E-state index contributed by atoms with van der Waals surface area (Å²) in [6.07, 6.45) is -0.695. The van der Waals surface area contributed by atoms with Crippen LogP contribution in [0.4, 0.5) is 4.79 Å². The van der Waals surface area contributed by atoms with E-state index in [0.717, 1.165) is 11.1 Å². The Bertz CT molecular complexity index is 1060. The molecule has 0 spiro atoms. The number of carbonyl (C=O) groups is 4. The van der Waals surface area contributed by atoms with E-state index in [9.17, 15) is 19.2 Å². The molecule has 9 nitrogen and oxygen atoms in total. The highest BCUT2D eigenvalue weighted by Gasteiger charge is 2.33. The molecule has 0 aliphatic rings. The molecule has 0 aliphatic heterocycles. The summed E-state index contributed by atoms with van der Waals surface area (Å²) in [5.41, 5.74) is 0.778. The maximum Gasteiger partial charge on any atom is 0.408 e. The van der Waals surface area contributed by atoms with Gasteiger partial charge in [0.25, 0.3) is 0 Å². The van der Waals surface area contributed by atoms with Crippen LogP contribution in [-0.4, -0.2) is 66.1 Å². The van der Waals surface area contributed by atoms with E-state index < -0.39 is 41.6 Å². The molecule has 0 unspecified atom stereocenters. The first-order chi connectivity index (χ1) is 18.0. The van der Waals surface area contributed by atoms with E-state index in [4.69, 9.17) is 25.8 Å². The van der Waals surface area contributed by atoms with Gasteiger partial charge in [-0.05, 0) is 38.3 Å². The summed E-state index contributed by atoms with van der Waals surface area (Å²) in [5, 5.41) is 2.53. The fourth-order valence-electron chi connectivity index (χ4n) is 3.62. The molecule has 2 aromatic carbocycles. The number of alkyl carbamates (subject to hydrolysis) is 1. The van der Waals surface area contributed by atoms with Crippen molar-refractivity contribution >= 4 is 35.5 Å². The van der Waals surface area contributed by atoms with E-state index in [1.54, 1.807) is 32.9 Å². The van der Waals surface area contributed by atoms with E-state index in [1.807, 2.05) is 48.5 Å². The quantitative estimate of drug-likeness (QED) is 0.244. The van der Waals surface area contributed by atoms with E-state index in [0.29, 0.717) is 0 Å². The van der Waals surface area contributed by atoms with Gasteiger partial charge in [-0.15, -0.1) is 11.6 Å². The molecule has 206 valence electrons. The summed E-state index contributed by atoms with van der Waals surface area (Å²) in [5.74, 6) is -2.25. The van der Waals surface area contributed by atoms with Gasteiger partial charge in [-0.3, -0.25) is 4.79 Å². The SMILES string of the molecule is COC(=O)[C@H](Cc1ccccc1)N(CC[C@H](NC(=O)OC(C)(C)C)C(=O)OCc1ccccc1)C(=O)CCl. The maximum atomic E-state index is 13.0. The number of amides is 2. The van der Waals surface area contributed by atoms with Gasteiger partial charge in [0, 0.05) is 13.0 Å². The minimum absolute atomic E-state index is 0.00467. The Kier molecular flexibility index (Phi) is 12.1. The number of benzene rings is 2. The molecule has 2 atom stereocenters. The zero-order chi connectivity index (χ0) is 28.1. The van der Waals surface area contributed by atoms with E-state index >= 15 is 0 Å². The molecule has 2 amide bonds. The van der Waals surface area contributed by atoms with Gasteiger partial charge in [-0.1, -0.05) is 60.7 Å². The van der Waals surface area contributed by atoms with Gasteiger partial charge in [0.05, 0.1) is 7.11 Å². The number of nitrogens with zero attached hydrogens (tertiary/aromatic N) is 1. The van der Waals surface area contributed by atoms with Crippen LogP contribution in [0.2, 0.25) is 0 Å². The van der Waals surface area contributed by atoms with Gasteiger partial charge < -0.3 is 24.4 Å². The average Bonchev–Trinajstić information content (AvgIpc) is 2.89. The molecule has 0 saturated carbocycles. The van der Waals surface area contributed by atoms with Crippen molar-refractivity contribution in [3.05, 3.63) is 71.8 Å². The molecule has 0 radical (unpaired) electrons. The van der Waals surface area contributed by atoms with E-state index in [1.165, 1.54) is 12.0 Å². The minimum atomic E-state index is -1.16. The van der Waals surface area contributed by atoms with Crippen LogP contribution in [0.5, 0.6) is 0 Å². The number of esters is 2. The number of hydrogen-bond acceptors (Lipinski definition) is 7. The Labute approximate surface area is 228 Å². The third-order valence-corrected chi connectivity index (χ3v) is 5.64. The van der Waals surface area contributed by atoms with Gasteiger partial charge in [0.15, 0.2) is 0 Å². The Morgan fingerprint density at radius 3 is 2.03 bits per heavy atom. The summed E-state index contributed by atoms with van der Waals surface area (Å²) >= 11 is 5.87. The van der Waals surface area contributed by atoms with Crippen molar-refractivity contribution < 1.29 is 33.4 Å². The molecule has 0 aliphatic carbocycles. The summed E-state index contributed by atoms with van der Waals surface area (Å²) in [6, 6.07) is 16.1. The largest absolute Gasteiger partial charge is 0.467 e. The first-order valence-electron chi connectivity index (χ1n) is 12.2. The smallest absolute Gasteiger partial charge is 0.408 e. The standard InChI is InChI=1S/C28H35ClN2O7/c1-28(2,3)38-27(35)30-22(25(33)37-19-21-13-9-6-10-14-21)15-16-31(24(32)18-29)23(26(34)36-4)17-20-11-7-5-8-12-20/h5-14,22-23H,15-19H2,1-4H3,(H,30,35)/t22-,23-/m0/s1. The summed E-state index contributed by atoms with van der Waals surface area (Å²) in [6.45, 7) is 5.00. The second-order valence-corrected chi connectivity index (χ2v) is 9.80. The van der Waals surface area contributed by atoms with Crippen LogP contribution in [0.3, 0.4) is 0 Å². The lowest BCUT2D eigenvalue weighted by Gasteiger charge is -2.31. The van der Waals surface area contributed by atoms with Gasteiger partial charge in [-0.2, -0.15) is 0 Å². The minimum Gasteiger partial charge on any atom is -0.467 e. The lowest BCUT2D eigenvalue weighted by atomic mass is 10.0. The predicted molar refractivity (Wildman–Crippen MR) is 142 cm³/mol. The van der Waals surface area contributed by atoms with E-state index in [2.05, 4.69) is 5.32 Å². The number of halogens is 1. The van der Waals surface area contributed by atoms with Crippen LogP contribution in [-0.2, 0) is 41.6 Å². The fourth-order valence-corrected chi connectivity index (χ4v) is 3.78. The monoisotopic (exact) mass is 546 g/mol. The van der Waals surface area contributed by atoms with E-state index in [-0.39, 0.29) is 31.9 Å². The van der Waals surface area contributed by atoms with Crippen molar-refractivity contribution in [2.24, 2.45) is 0 Å². The number of methoxy groups -OCH3 is 1. The lowest BCUT2D eigenvalue weighted by molar-refractivity contribution is -0.152. The van der Waals surface area contributed by atoms with Crippen molar-refractivity contribution in [3.8, 4) is 0 Å². The van der Waals surface area contributed by atoms with Gasteiger partial charge in [0.1, 0.15) is 30.2 Å². The third kappa shape index (κ3) is 10.4. The Morgan fingerprint density at radius 1 is 0.921 bits per heavy atom.